The van der Waals surface area contributed by atoms with Crippen molar-refractivity contribution in [2.45, 2.75) is 84.3 Å². The topological polar surface area (TPSA) is 38.7 Å². The molecule has 0 aliphatic heterocycles. The smallest absolute Gasteiger partial charge is 0.204 e. The van der Waals surface area contributed by atoms with Crippen LogP contribution in [0.4, 0.5) is 0 Å². The highest BCUT2D eigenvalue weighted by Gasteiger charge is 2.28. The number of benzene rings is 1. The summed E-state index contributed by atoms with van der Waals surface area (Å²) in [7, 11) is 1.65. The van der Waals surface area contributed by atoms with E-state index in [0.29, 0.717) is 5.75 Å². The van der Waals surface area contributed by atoms with Gasteiger partial charge in [0, 0.05) is 32.4 Å². The third-order valence-electron chi connectivity index (χ3n) is 5.17. The highest BCUT2D eigenvalue weighted by Crippen LogP contribution is 2.44. The maximum absolute atomic E-state index is 10.8. The number of phenolic OH excluding ortho intramolecular Hbond substituents is 1. The number of phenols is 1. The first kappa shape index (κ1) is 19.8. The lowest BCUT2D eigenvalue weighted by Crippen LogP contribution is -2.31. The number of unbranched alkanes of at least 4 members (excludes halogenated alkanes) is 2. The van der Waals surface area contributed by atoms with Crippen LogP contribution in [0.5, 0.6) is 11.5 Å². The molecule has 25 heavy (non-hydrogen) atoms. The lowest BCUT2D eigenvalue weighted by atomic mass is 9.85. The molecule has 0 saturated carbocycles. The van der Waals surface area contributed by atoms with Gasteiger partial charge in [-0.1, -0.05) is 31.9 Å². The second kappa shape index (κ2) is 8.75. The lowest BCUT2D eigenvalue weighted by molar-refractivity contribution is -0.135. The summed E-state index contributed by atoms with van der Waals surface area (Å²) in [6.07, 6.45) is 12.2. The predicted octanol–water partition coefficient (Wildman–Crippen LogP) is 6.02. The molecule has 3 heteroatoms. The first-order chi connectivity index (χ1) is 11.9. The molecule has 0 saturated heterocycles. The summed E-state index contributed by atoms with van der Waals surface area (Å²) >= 11 is 0. The van der Waals surface area contributed by atoms with Gasteiger partial charge in [0.2, 0.25) is 5.79 Å². The minimum atomic E-state index is -0.730. The Balaban J connectivity index is 2.47. The van der Waals surface area contributed by atoms with E-state index in [1.807, 2.05) is 19.9 Å². The van der Waals surface area contributed by atoms with Crippen LogP contribution in [-0.2, 0) is 11.2 Å². The van der Waals surface area contributed by atoms with Crippen molar-refractivity contribution >= 4 is 0 Å². The van der Waals surface area contributed by atoms with Gasteiger partial charge in [-0.05, 0) is 56.2 Å². The molecule has 0 spiro atoms. The normalized spacial score (nSPS) is 17.7. The van der Waals surface area contributed by atoms with Crippen LogP contribution in [0.25, 0.3) is 0 Å². The van der Waals surface area contributed by atoms with Crippen molar-refractivity contribution in [2.24, 2.45) is 0 Å². The van der Waals surface area contributed by atoms with Crippen LogP contribution < -0.4 is 4.74 Å². The molecule has 0 radical (unpaired) electrons. The van der Waals surface area contributed by atoms with Crippen molar-refractivity contribution in [2.75, 3.05) is 7.11 Å². The molecule has 1 atom stereocenters. The highest BCUT2D eigenvalue weighted by molar-refractivity contribution is 5.56. The van der Waals surface area contributed by atoms with Gasteiger partial charge in [0.1, 0.15) is 11.5 Å². The number of ether oxygens (including phenoxy) is 2. The summed E-state index contributed by atoms with van der Waals surface area (Å²) in [5.41, 5.74) is 3.22. The lowest BCUT2D eigenvalue weighted by Gasteiger charge is -2.30. The van der Waals surface area contributed by atoms with Crippen LogP contribution in [0.1, 0.15) is 81.9 Å². The molecule has 1 N–H and O–H groups in total. The SMILES string of the molecule is CCCCCc1cc(O)c(C2C=CCCC2)c(OC(C)(C)OC)c1C. The Morgan fingerprint density at radius 2 is 2.04 bits per heavy atom. The average molecular weight is 347 g/mol. The summed E-state index contributed by atoms with van der Waals surface area (Å²) in [6, 6.07) is 1.95. The molecule has 1 aliphatic carbocycles. The fourth-order valence-corrected chi connectivity index (χ4v) is 3.47. The summed E-state index contributed by atoms with van der Waals surface area (Å²) in [4.78, 5) is 0. The predicted molar refractivity (Wildman–Crippen MR) is 104 cm³/mol. The van der Waals surface area contributed by atoms with Gasteiger partial charge in [0.05, 0.1) is 0 Å². The number of hydrogen-bond donors (Lipinski definition) is 1. The quantitative estimate of drug-likeness (QED) is 0.355. The zero-order chi connectivity index (χ0) is 18.4. The molecule has 3 nitrogen and oxygen atoms in total. The van der Waals surface area contributed by atoms with E-state index in [1.165, 1.54) is 18.4 Å². The molecule has 140 valence electrons. The van der Waals surface area contributed by atoms with E-state index in [-0.39, 0.29) is 5.92 Å². The second-order valence-electron chi connectivity index (χ2n) is 7.55. The van der Waals surface area contributed by atoms with E-state index < -0.39 is 5.79 Å². The maximum Gasteiger partial charge on any atom is 0.204 e. The van der Waals surface area contributed by atoms with Gasteiger partial charge < -0.3 is 14.6 Å². The largest absolute Gasteiger partial charge is 0.507 e. The zero-order valence-corrected chi connectivity index (χ0v) is 16.5. The number of aromatic hydroxyl groups is 1. The molecular formula is C22H34O3. The van der Waals surface area contributed by atoms with Crippen LogP contribution in [0, 0.1) is 6.92 Å². The molecule has 0 heterocycles. The van der Waals surface area contributed by atoms with Gasteiger partial charge in [-0.2, -0.15) is 0 Å². The van der Waals surface area contributed by atoms with Crippen LogP contribution in [0.15, 0.2) is 18.2 Å². The van der Waals surface area contributed by atoms with Crippen LogP contribution >= 0.6 is 0 Å². The minimum Gasteiger partial charge on any atom is -0.507 e. The Kier molecular flexibility index (Phi) is 6.95. The number of methoxy groups -OCH3 is 1. The Hall–Kier alpha value is -1.48. The zero-order valence-electron chi connectivity index (χ0n) is 16.5. The number of allylic oxidation sites excluding steroid dienone is 2. The molecular weight excluding hydrogens is 312 g/mol. The van der Waals surface area contributed by atoms with Crippen molar-refractivity contribution in [3.05, 3.63) is 34.9 Å². The van der Waals surface area contributed by atoms with Gasteiger partial charge in [-0.3, -0.25) is 0 Å². The standard InChI is InChI=1S/C22H34O3/c1-6-7-9-14-18-15-19(23)20(17-12-10-8-11-13-17)21(16(18)2)25-22(3,4)24-5/h10,12,15,17,23H,6-9,11,13-14H2,1-5H3. The van der Waals surface area contributed by atoms with Crippen molar-refractivity contribution in [3.63, 3.8) is 0 Å². The van der Waals surface area contributed by atoms with Crippen LogP contribution in [-0.4, -0.2) is 18.0 Å². The number of hydrogen-bond acceptors (Lipinski definition) is 3. The number of aryl methyl sites for hydroxylation is 1. The van der Waals surface area contributed by atoms with Gasteiger partial charge >= 0.3 is 0 Å². The monoisotopic (exact) mass is 346 g/mol. The maximum atomic E-state index is 10.8. The average Bonchev–Trinajstić information content (AvgIpc) is 2.60. The Morgan fingerprint density at radius 1 is 1.28 bits per heavy atom. The van der Waals surface area contributed by atoms with Gasteiger partial charge in [-0.25, -0.2) is 0 Å². The molecule has 1 aliphatic rings. The molecule has 0 fully saturated rings. The van der Waals surface area contributed by atoms with E-state index in [0.717, 1.165) is 49.0 Å². The third-order valence-corrected chi connectivity index (χ3v) is 5.17. The van der Waals surface area contributed by atoms with E-state index in [1.54, 1.807) is 7.11 Å². The van der Waals surface area contributed by atoms with Crippen LogP contribution in [0.2, 0.25) is 0 Å². The minimum absolute atomic E-state index is 0.208. The van der Waals surface area contributed by atoms with E-state index in [9.17, 15) is 5.11 Å². The third kappa shape index (κ3) is 5.01. The Bertz CT molecular complexity index is 602. The van der Waals surface area contributed by atoms with E-state index in [4.69, 9.17) is 9.47 Å². The fourth-order valence-electron chi connectivity index (χ4n) is 3.47. The van der Waals surface area contributed by atoms with Crippen molar-refractivity contribution in [1.82, 2.24) is 0 Å². The van der Waals surface area contributed by atoms with E-state index in [2.05, 4.69) is 26.0 Å². The molecule has 0 bridgehead atoms. The Morgan fingerprint density at radius 3 is 2.64 bits per heavy atom. The van der Waals surface area contributed by atoms with Crippen molar-refractivity contribution in [3.8, 4) is 11.5 Å². The van der Waals surface area contributed by atoms with Crippen molar-refractivity contribution in [1.29, 1.82) is 0 Å². The molecule has 1 aromatic rings. The summed E-state index contributed by atoms with van der Waals surface area (Å²) in [5.74, 6) is 0.636. The summed E-state index contributed by atoms with van der Waals surface area (Å²) < 4.78 is 11.8. The molecule has 1 unspecified atom stereocenters. The number of rotatable bonds is 8. The second-order valence-corrected chi connectivity index (χ2v) is 7.55. The van der Waals surface area contributed by atoms with Crippen molar-refractivity contribution < 1.29 is 14.6 Å². The summed E-state index contributed by atoms with van der Waals surface area (Å²) in [6.45, 7) is 8.14. The molecule has 1 aromatic carbocycles. The first-order valence-electron chi connectivity index (χ1n) is 9.65. The highest BCUT2D eigenvalue weighted by atomic mass is 16.7. The van der Waals surface area contributed by atoms with Gasteiger partial charge in [0.25, 0.3) is 0 Å². The molecule has 0 amide bonds. The summed E-state index contributed by atoms with van der Waals surface area (Å²) in [5, 5.41) is 10.8. The Labute approximate surface area is 153 Å². The fraction of sp³-hybridized carbons (Fsp3) is 0.636. The molecule has 0 aromatic heterocycles. The van der Waals surface area contributed by atoms with Crippen LogP contribution in [0.3, 0.4) is 0 Å². The molecule has 2 rings (SSSR count). The van der Waals surface area contributed by atoms with Gasteiger partial charge in [0.15, 0.2) is 0 Å². The van der Waals surface area contributed by atoms with E-state index >= 15 is 0 Å². The van der Waals surface area contributed by atoms with Gasteiger partial charge in [-0.15, -0.1) is 0 Å². The first-order valence-corrected chi connectivity index (χ1v) is 9.65.